The van der Waals surface area contributed by atoms with Gasteiger partial charge in [0.25, 0.3) is 5.91 Å². The van der Waals surface area contributed by atoms with Gasteiger partial charge in [-0.15, -0.1) is 0 Å². The standard InChI is InChI=1S/C14H15N5O/c1-10(8-19-5-4-15-9-19)17-14(20)11-2-3-12-7-16-18-13(12)6-11/h2-7,9-10H,8H2,1H3,(H,16,18)(H,17,20). The van der Waals surface area contributed by atoms with Crippen LogP contribution in [-0.2, 0) is 6.54 Å². The molecule has 0 aliphatic heterocycles. The summed E-state index contributed by atoms with van der Waals surface area (Å²) in [6.45, 7) is 2.66. The van der Waals surface area contributed by atoms with Gasteiger partial charge in [-0.2, -0.15) is 5.10 Å². The van der Waals surface area contributed by atoms with E-state index in [9.17, 15) is 4.79 Å². The number of aromatic nitrogens is 4. The van der Waals surface area contributed by atoms with Crippen molar-refractivity contribution >= 4 is 16.8 Å². The van der Waals surface area contributed by atoms with Gasteiger partial charge < -0.3 is 9.88 Å². The van der Waals surface area contributed by atoms with Gasteiger partial charge in [0.05, 0.1) is 18.0 Å². The monoisotopic (exact) mass is 269 g/mol. The fraction of sp³-hybridized carbons (Fsp3) is 0.214. The largest absolute Gasteiger partial charge is 0.348 e. The molecule has 1 unspecified atom stereocenters. The lowest BCUT2D eigenvalue weighted by Gasteiger charge is -2.14. The molecule has 0 fully saturated rings. The predicted octanol–water partition coefficient (Wildman–Crippen LogP) is 1.58. The zero-order valence-corrected chi connectivity index (χ0v) is 11.1. The smallest absolute Gasteiger partial charge is 0.251 e. The Balaban J connectivity index is 1.68. The summed E-state index contributed by atoms with van der Waals surface area (Å²) in [6, 6.07) is 5.52. The summed E-state index contributed by atoms with van der Waals surface area (Å²) in [5.41, 5.74) is 1.49. The number of benzene rings is 1. The minimum absolute atomic E-state index is 0.0224. The highest BCUT2D eigenvalue weighted by Crippen LogP contribution is 2.12. The van der Waals surface area contributed by atoms with E-state index in [1.165, 1.54) is 0 Å². The Labute approximate surface area is 115 Å². The first-order valence-electron chi connectivity index (χ1n) is 6.42. The van der Waals surface area contributed by atoms with Crippen LogP contribution in [0.3, 0.4) is 0 Å². The number of nitrogens with zero attached hydrogens (tertiary/aromatic N) is 3. The number of carbonyl (C=O) groups is 1. The van der Waals surface area contributed by atoms with Crippen LogP contribution in [-0.4, -0.2) is 31.7 Å². The van der Waals surface area contributed by atoms with E-state index in [-0.39, 0.29) is 11.9 Å². The van der Waals surface area contributed by atoms with Crippen LogP contribution in [0.25, 0.3) is 10.9 Å². The van der Waals surface area contributed by atoms with Crippen molar-refractivity contribution in [2.75, 3.05) is 0 Å². The van der Waals surface area contributed by atoms with Crippen molar-refractivity contribution < 1.29 is 4.79 Å². The summed E-state index contributed by atoms with van der Waals surface area (Å²) in [6.07, 6.45) is 7.07. The highest BCUT2D eigenvalue weighted by Gasteiger charge is 2.11. The van der Waals surface area contributed by atoms with E-state index in [4.69, 9.17) is 0 Å². The third-order valence-corrected chi connectivity index (χ3v) is 3.13. The number of fused-ring (bicyclic) bond motifs is 1. The third-order valence-electron chi connectivity index (χ3n) is 3.13. The Morgan fingerprint density at radius 1 is 1.50 bits per heavy atom. The van der Waals surface area contributed by atoms with Gasteiger partial charge >= 0.3 is 0 Å². The average molecular weight is 269 g/mol. The number of H-pyrrole nitrogens is 1. The van der Waals surface area contributed by atoms with Crippen LogP contribution in [0.15, 0.2) is 43.1 Å². The molecule has 1 atom stereocenters. The van der Waals surface area contributed by atoms with Gasteiger partial charge in [0.1, 0.15) is 0 Å². The topological polar surface area (TPSA) is 75.6 Å². The van der Waals surface area contributed by atoms with Crippen molar-refractivity contribution in [1.82, 2.24) is 25.1 Å². The van der Waals surface area contributed by atoms with Gasteiger partial charge in [-0.05, 0) is 19.1 Å². The molecular weight excluding hydrogens is 254 g/mol. The van der Waals surface area contributed by atoms with Gasteiger partial charge in [0.2, 0.25) is 0 Å². The molecule has 2 N–H and O–H groups in total. The molecule has 6 heteroatoms. The number of rotatable bonds is 4. The van der Waals surface area contributed by atoms with Crippen molar-refractivity contribution in [3.63, 3.8) is 0 Å². The lowest BCUT2D eigenvalue weighted by molar-refractivity contribution is 0.0937. The van der Waals surface area contributed by atoms with Crippen LogP contribution in [0.5, 0.6) is 0 Å². The SMILES string of the molecule is CC(Cn1ccnc1)NC(=O)c1ccc2cn[nH]c2c1. The summed E-state index contributed by atoms with van der Waals surface area (Å²) in [7, 11) is 0. The molecule has 0 aliphatic rings. The Morgan fingerprint density at radius 3 is 3.20 bits per heavy atom. The van der Waals surface area contributed by atoms with Gasteiger partial charge in [-0.25, -0.2) is 4.98 Å². The number of imidazole rings is 1. The second-order valence-corrected chi connectivity index (χ2v) is 4.81. The second-order valence-electron chi connectivity index (χ2n) is 4.81. The van der Waals surface area contributed by atoms with Crippen LogP contribution in [0.1, 0.15) is 17.3 Å². The summed E-state index contributed by atoms with van der Waals surface area (Å²) < 4.78 is 1.93. The fourth-order valence-corrected chi connectivity index (χ4v) is 2.14. The zero-order valence-electron chi connectivity index (χ0n) is 11.1. The molecule has 2 heterocycles. The Hall–Kier alpha value is -2.63. The number of nitrogens with one attached hydrogen (secondary N) is 2. The molecule has 0 radical (unpaired) electrons. The Morgan fingerprint density at radius 2 is 2.40 bits per heavy atom. The van der Waals surface area contributed by atoms with Gasteiger partial charge in [0, 0.05) is 35.9 Å². The minimum Gasteiger partial charge on any atom is -0.348 e. The zero-order chi connectivity index (χ0) is 13.9. The fourth-order valence-electron chi connectivity index (χ4n) is 2.14. The number of aromatic amines is 1. The third kappa shape index (κ3) is 2.54. The van der Waals surface area contributed by atoms with Crippen molar-refractivity contribution in [3.8, 4) is 0 Å². The number of carbonyl (C=O) groups excluding carboxylic acids is 1. The molecule has 20 heavy (non-hydrogen) atoms. The first kappa shape index (κ1) is 12.4. The maximum atomic E-state index is 12.2. The molecule has 3 rings (SSSR count). The maximum absolute atomic E-state index is 12.2. The average Bonchev–Trinajstić information content (AvgIpc) is 3.07. The molecule has 1 amide bonds. The summed E-state index contributed by atoms with van der Waals surface area (Å²) >= 11 is 0. The molecule has 3 aromatic rings. The van der Waals surface area contributed by atoms with Crippen molar-refractivity contribution in [1.29, 1.82) is 0 Å². The number of hydrogen-bond donors (Lipinski definition) is 2. The molecule has 0 spiro atoms. The van der Waals surface area contributed by atoms with Crippen LogP contribution < -0.4 is 5.32 Å². The molecule has 0 bridgehead atoms. The highest BCUT2D eigenvalue weighted by molar-refractivity contribution is 5.97. The highest BCUT2D eigenvalue weighted by atomic mass is 16.1. The van der Waals surface area contributed by atoms with E-state index >= 15 is 0 Å². The molecule has 0 aliphatic carbocycles. The molecule has 1 aromatic carbocycles. The van der Waals surface area contributed by atoms with Crippen molar-refractivity contribution in [3.05, 3.63) is 48.7 Å². The molecule has 6 nitrogen and oxygen atoms in total. The predicted molar refractivity (Wildman–Crippen MR) is 75.2 cm³/mol. The van der Waals surface area contributed by atoms with E-state index in [1.807, 2.05) is 29.8 Å². The van der Waals surface area contributed by atoms with E-state index in [0.717, 1.165) is 10.9 Å². The molecular formula is C14H15N5O. The maximum Gasteiger partial charge on any atom is 0.251 e. The summed E-state index contributed by atoms with van der Waals surface area (Å²) in [5.74, 6) is -0.0888. The van der Waals surface area contributed by atoms with Gasteiger partial charge in [0.15, 0.2) is 0 Å². The molecule has 2 aromatic heterocycles. The summed E-state index contributed by atoms with van der Waals surface area (Å²) in [5, 5.41) is 10.8. The van der Waals surface area contributed by atoms with Crippen molar-refractivity contribution in [2.24, 2.45) is 0 Å². The van der Waals surface area contributed by atoms with E-state index in [1.54, 1.807) is 24.8 Å². The van der Waals surface area contributed by atoms with E-state index in [0.29, 0.717) is 12.1 Å². The lowest BCUT2D eigenvalue weighted by atomic mass is 10.1. The van der Waals surface area contributed by atoms with Crippen LogP contribution in [0.2, 0.25) is 0 Å². The molecule has 102 valence electrons. The first-order chi connectivity index (χ1) is 9.72. The van der Waals surface area contributed by atoms with Crippen molar-refractivity contribution in [2.45, 2.75) is 19.5 Å². The first-order valence-corrected chi connectivity index (χ1v) is 6.42. The lowest BCUT2D eigenvalue weighted by Crippen LogP contribution is -2.35. The normalized spacial score (nSPS) is 12.4. The van der Waals surface area contributed by atoms with Gasteiger partial charge in [-0.3, -0.25) is 9.89 Å². The number of hydrogen-bond acceptors (Lipinski definition) is 3. The Kier molecular flexibility index (Phi) is 3.20. The minimum atomic E-state index is -0.0888. The summed E-state index contributed by atoms with van der Waals surface area (Å²) in [4.78, 5) is 16.2. The van der Waals surface area contributed by atoms with E-state index in [2.05, 4.69) is 20.5 Å². The quantitative estimate of drug-likeness (QED) is 0.755. The van der Waals surface area contributed by atoms with Crippen LogP contribution >= 0.6 is 0 Å². The molecule has 0 saturated carbocycles. The van der Waals surface area contributed by atoms with E-state index < -0.39 is 0 Å². The molecule has 0 saturated heterocycles. The Bertz CT molecular complexity index is 716. The number of amides is 1. The second kappa shape index (κ2) is 5.16. The van der Waals surface area contributed by atoms with Crippen LogP contribution in [0.4, 0.5) is 0 Å². The van der Waals surface area contributed by atoms with Crippen LogP contribution in [0, 0.1) is 0 Å². The van der Waals surface area contributed by atoms with Gasteiger partial charge in [-0.1, -0.05) is 6.07 Å².